The van der Waals surface area contributed by atoms with Gasteiger partial charge >= 0.3 is 5.69 Å². The van der Waals surface area contributed by atoms with E-state index in [-0.39, 0.29) is 28.2 Å². The number of nitro groups is 1. The van der Waals surface area contributed by atoms with E-state index in [2.05, 4.69) is 5.43 Å². The summed E-state index contributed by atoms with van der Waals surface area (Å²) in [7, 11) is -3.92. The summed E-state index contributed by atoms with van der Waals surface area (Å²) in [5, 5.41) is 19.4. The molecule has 0 saturated heterocycles. The molecule has 0 bridgehead atoms. The SMILES string of the molecule is CC(C)N(CCC#N)S(=O)(=O)c1cc([N+](=O)[O-])c(NN)s1. The van der Waals surface area contributed by atoms with Gasteiger partial charge in [0.25, 0.3) is 10.0 Å². The maximum absolute atomic E-state index is 12.5. The molecule has 3 N–H and O–H groups in total. The van der Waals surface area contributed by atoms with Gasteiger partial charge < -0.3 is 5.43 Å². The van der Waals surface area contributed by atoms with E-state index in [0.29, 0.717) is 11.3 Å². The standard InChI is InChI=1S/C10H15N5O4S2/c1-7(2)14(5-3-4-11)21(18,19)9-6-8(15(16)17)10(13-12)20-9/h6-7,13H,3,5,12H2,1-2H3. The number of rotatable bonds is 7. The van der Waals surface area contributed by atoms with Crippen molar-refractivity contribution in [3.8, 4) is 6.07 Å². The fourth-order valence-corrected chi connectivity index (χ4v) is 4.66. The maximum Gasteiger partial charge on any atom is 0.306 e. The predicted molar refractivity (Wildman–Crippen MR) is 78.0 cm³/mol. The second-order valence-electron chi connectivity index (χ2n) is 4.30. The Morgan fingerprint density at radius 2 is 2.24 bits per heavy atom. The van der Waals surface area contributed by atoms with Gasteiger partial charge in [-0.1, -0.05) is 11.3 Å². The summed E-state index contributed by atoms with van der Waals surface area (Å²) in [4.78, 5) is 10.2. The average Bonchev–Trinajstić information content (AvgIpc) is 2.83. The molecular formula is C10H15N5O4S2. The normalized spacial score (nSPS) is 11.6. The molecule has 9 nitrogen and oxygen atoms in total. The van der Waals surface area contributed by atoms with E-state index >= 15 is 0 Å². The van der Waals surface area contributed by atoms with Gasteiger partial charge in [0.2, 0.25) is 0 Å². The molecule has 0 amide bonds. The quantitative estimate of drug-likeness (QED) is 0.434. The number of anilines is 1. The fourth-order valence-electron chi connectivity index (χ4n) is 1.66. The van der Waals surface area contributed by atoms with Crippen molar-refractivity contribution >= 4 is 32.0 Å². The summed E-state index contributed by atoms with van der Waals surface area (Å²) < 4.78 is 26.0. The Labute approximate surface area is 126 Å². The lowest BCUT2D eigenvalue weighted by molar-refractivity contribution is -0.383. The minimum Gasteiger partial charge on any atom is -0.310 e. The van der Waals surface area contributed by atoms with Crippen molar-refractivity contribution in [2.75, 3.05) is 12.0 Å². The van der Waals surface area contributed by atoms with Crippen LogP contribution in [-0.2, 0) is 10.0 Å². The molecule has 116 valence electrons. The van der Waals surface area contributed by atoms with Crippen LogP contribution in [0.15, 0.2) is 10.3 Å². The first-order valence-corrected chi connectivity index (χ1v) is 8.15. The van der Waals surface area contributed by atoms with Crippen LogP contribution in [0.5, 0.6) is 0 Å². The molecule has 0 aliphatic rings. The third kappa shape index (κ3) is 3.67. The van der Waals surface area contributed by atoms with Crippen molar-refractivity contribution in [2.45, 2.75) is 30.5 Å². The monoisotopic (exact) mass is 333 g/mol. The third-order valence-electron chi connectivity index (χ3n) is 2.60. The molecule has 0 aliphatic carbocycles. The zero-order valence-corrected chi connectivity index (χ0v) is 13.1. The molecule has 0 atom stereocenters. The van der Waals surface area contributed by atoms with E-state index in [0.717, 1.165) is 10.4 Å². The van der Waals surface area contributed by atoms with Crippen molar-refractivity contribution in [3.63, 3.8) is 0 Å². The maximum atomic E-state index is 12.5. The van der Waals surface area contributed by atoms with Crippen LogP contribution in [-0.4, -0.2) is 30.2 Å². The van der Waals surface area contributed by atoms with Gasteiger partial charge in [-0.05, 0) is 13.8 Å². The molecule has 11 heteroatoms. The van der Waals surface area contributed by atoms with Gasteiger partial charge in [0.05, 0.1) is 11.0 Å². The van der Waals surface area contributed by atoms with Crippen LogP contribution in [0.25, 0.3) is 0 Å². The van der Waals surface area contributed by atoms with Crippen molar-refractivity contribution < 1.29 is 13.3 Å². The molecule has 1 heterocycles. The molecule has 0 aromatic carbocycles. The Hall–Kier alpha value is -1.74. The number of nitrogens with two attached hydrogens (primary N) is 1. The second kappa shape index (κ2) is 6.81. The molecule has 0 aliphatic heterocycles. The minimum atomic E-state index is -3.92. The van der Waals surface area contributed by atoms with Crippen molar-refractivity contribution in [1.82, 2.24) is 4.31 Å². The zero-order chi connectivity index (χ0) is 16.2. The number of thiophene rings is 1. The van der Waals surface area contributed by atoms with Crippen molar-refractivity contribution in [3.05, 3.63) is 16.2 Å². The molecule has 0 spiro atoms. The number of nitriles is 1. The van der Waals surface area contributed by atoms with Crippen LogP contribution in [0.3, 0.4) is 0 Å². The van der Waals surface area contributed by atoms with Gasteiger partial charge in [0.15, 0.2) is 5.00 Å². The van der Waals surface area contributed by atoms with Crippen LogP contribution < -0.4 is 11.3 Å². The third-order valence-corrected chi connectivity index (χ3v) is 6.18. The molecule has 1 rings (SSSR count). The van der Waals surface area contributed by atoms with Gasteiger partial charge in [-0.3, -0.25) is 10.1 Å². The molecule has 21 heavy (non-hydrogen) atoms. The number of nitrogens with one attached hydrogen (secondary N) is 1. The fraction of sp³-hybridized carbons (Fsp3) is 0.500. The molecule has 0 saturated carbocycles. The lowest BCUT2D eigenvalue weighted by Crippen LogP contribution is -2.37. The summed E-state index contributed by atoms with van der Waals surface area (Å²) >= 11 is 0.684. The predicted octanol–water partition coefficient (Wildman–Crippen LogP) is 1.25. The Kier molecular flexibility index (Phi) is 5.62. The average molecular weight is 333 g/mol. The van der Waals surface area contributed by atoms with Crippen LogP contribution in [0.4, 0.5) is 10.7 Å². The number of nitrogens with zero attached hydrogens (tertiary/aromatic N) is 3. The Morgan fingerprint density at radius 3 is 2.62 bits per heavy atom. The number of hydrogen-bond donors (Lipinski definition) is 2. The second-order valence-corrected chi connectivity index (χ2v) is 7.47. The largest absolute Gasteiger partial charge is 0.310 e. The van der Waals surface area contributed by atoms with Gasteiger partial charge in [0, 0.05) is 25.1 Å². The number of hydrazine groups is 1. The van der Waals surface area contributed by atoms with Crippen LogP contribution in [0.2, 0.25) is 0 Å². The van der Waals surface area contributed by atoms with E-state index < -0.39 is 20.6 Å². The van der Waals surface area contributed by atoms with E-state index in [4.69, 9.17) is 11.1 Å². The minimum absolute atomic E-state index is 0.0214. The summed E-state index contributed by atoms with van der Waals surface area (Å²) in [6.07, 6.45) is 0.0346. The Bertz CT molecular complexity index is 661. The van der Waals surface area contributed by atoms with Gasteiger partial charge in [-0.2, -0.15) is 9.57 Å². The van der Waals surface area contributed by atoms with E-state index in [9.17, 15) is 18.5 Å². The first-order chi connectivity index (χ1) is 9.75. The lowest BCUT2D eigenvalue weighted by atomic mass is 10.3. The van der Waals surface area contributed by atoms with Gasteiger partial charge in [-0.15, -0.1) is 0 Å². The highest BCUT2D eigenvalue weighted by Gasteiger charge is 2.32. The Morgan fingerprint density at radius 1 is 1.62 bits per heavy atom. The lowest BCUT2D eigenvalue weighted by Gasteiger charge is -2.23. The summed E-state index contributed by atoms with van der Waals surface area (Å²) in [5.74, 6) is 5.17. The highest BCUT2D eigenvalue weighted by atomic mass is 32.2. The highest BCUT2D eigenvalue weighted by molar-refractivity contribution is 7.91. The summed E-state index contributed by atoms with van der Waals surface area (Å²) in [6, 6.07) is 2.47. The van der Waals surface area contributed by atoms with E-state index in [1.54, 1.807) is 13.8 Å². The number of hydrogen-bond acceptors (Lipinski definition) is 8. The van der Waals surface area contributed by atoms with Crippen LogP contribution >= 0.6 is 11.3 Å². The molecule has 0 unspecified atom stereocenters. The van der Waals surface area contributed by atoms with Crippen molar-refractivity contribution in [2.24, 2.45) is 5.84 Å². The molecule has 0 fully saturated rings. The summed E-state index contributed by atoms with van der Waals surface area (Å²) in [6.45, 7) is 3.35. The van der Waals surface area contributed by atoms with E-state index in [1.165, 1.54) is 0 Å². The molecule has 1 aromatic heterocycles. The highest BCUT2D eigenvalue weighted by Crippen LogP contribution is 2.37. The van der Waals surface area contributed by atoms with Crippen molar-refractivity contribution in [1.29, 1.82) is 5.26 Å². The van der Waals surface area contributed by atoms with E-state index in [1.807, 2.05) is 6.07 Å². The van der Waals surface area contributed by atoms with Crippen LogP contribution in [0.1, 0.15) is 20.3 Å². The topological polar surface area (TPSA) is 142 Å². The Balaban J connectivity index is 3.29. The first kappa shape index (κ1) is 17.3. The first-order valence-electron chi connectivity index (χ1n) is 5.89. The molecule has 0 radical (unpaired) electrons. The van der Waals surface area contributed by atoms with Gasteiger partial charge in [-0.25, -0.2) is 14.3 Å². The number of sulfonamides is 1. The summed E-state index contributed by atoms with van der Waals surface area (Å²) in [5.41, 5.74) is 1.72. The molecule has 1 aromatic rings. The smallest absolute Gasteiger partial charge is 0.306 e. The number of nitrogen functional groups attached to an aromatic ring is 1. The van der Waals surface area contributed by atoms with Gasteiger partial charge in [0.1, 0.15) is 4.21 Å². The zero-order valence-electron chi connectivity index (χ0n) is 11.4. The van der Waals surface area contributed by atoms with Crippen LogP contribution in [0, 0.1) is 21.4 Å². The molecular weight excluding hydrogens is 318 g/mol.